The Bertz CT molecular complexity index is 355. The highest BCUT2D eigenvalue weighted by atomic mass is 32.1. The summed E-state index contributed by atoms with van der Waals surface area (Å²) in [6.07, 6.45) is 1.57. The summed E-state index contributed by atoms with van der Waals surface area (Å²) in [5, 5.41) is 2.83. The van der Waals surface area contributed by atoms with Crippen LogP contribution in [-0.2, 0) is 4.79 Å². The van der Waals surface area contributed by atoms with E-state index in [1.54, 1.807) is 6.20 Å². The van der Waals surface area contributed by atoms with E-state index in [-0.39, 0.29) is 0 Å². The van der Waals surface area contributed by atoms with Crippen molar-refractivity contribution >= 4 is 27.8 Å². The lowest BCUT2D eigenvalue weighted by molar-refractivity contribution is -0.112. The van der Waals surface area contributed by atoms with Gasteiger partial charge in [0.1, 0.15) is 5.00 Å². The zero-order valence-corrected chi connectivity index (χ0v) is 6.94. The summed E-state index contributed by atoms with van der Waals surface area (Å²) in [7, 11) is 0. The Labute approximate surface area is 73.0 Å². The number of hydrogen-bond donors (Lipinski definition) is 3. The minimum Gasteiger partial charge on any atom is -0.366 e. The smallest absolute Gasteiger partial charge is 0.250 e. The molecule has 0 atom stereocenters. The first-order valence-corrected chi connectivity index (χ1v) is 4.26. The highest BCUT2D eigenvalue weighted by Crippen LogP contribution is 2.30. The molecular weight excluding hydrogens is 174 g/mol. The van der Waals surface area contributed by atoms with Crippen molar-refractivity contribution in [2.24, 2.45) is 5.73 Å². The first kappa shape index (κ1) is 7.17. The second-order valence-electron chi connectivity index (χ2n) is 2.36. The lowest BCUT2D eigenvalue weighted by Crippen LogP contribution is -2.24. The fourth-order valence-corrected chi connectivity index (χ4v) is 1.84. The third-order valence-corrected chi connectivity index (χ3v) is 2.45. The number of carbonyl (C=O) groups excluding carboxylic acids is 1. The van der Waals surface area contributed by atoms with Crippen LogP contribution in [0, 0.1) is 0 Å². The Kier molecular flexibility index (Phi) is 1.51. The zero-order chi connectivity index (χ0) is 8.55. The highest BCUT2D eigenvalue weighted by molar-refractivity contribution is 7.14. The lowest BCUT2D eigenvalue weighted by Gasteiger charge is -2.13. The summed E-state index contributed by atoms with van der Waals surface area (Å²) in [6, 6.07) is 1.87. The predicted octanol–water partition coefficient (Wildman–Crippen LogP) is 0.504. The molecule has 5 heteroatoms. The van der Waals surface area contributed by atoms with E-state index in [9.17, 15) is 4.79 Å². The quantitative estimate of drug-likeness (QED) is 0.591. The summed E-state index contributed by atoms with van der Waals surface area (Å²) in [5.41, 5.74) is 12.2. The highest BCUT2D eigenvalue weighted by Gasteiger charge is 2.16. The number of anilines is 1. The van der Waals surface area contributed by atoms with E-state index < -0.39 is 5.91 Å². The largest absolute Gasteiger partial charge is 0.366 e. The second-order valence-corrected chi connectivity index (χ2v) is 3.27. The molecule has 0 unspecified atom stereocenters. The molecule has 0 saturated carbocycles. The van der Waals surface area contributed by atoms with Crippen LogP contribution in [-0.4, -0.2) is 5.91 Å². The number of fused-ring (bicyclic) bond motifs is 1. The number of primary amides is 1. The zero-order valence-electron chi connectivity index (χ0n) is 6.13. The molecule has 0 radical (unpaired) electrons. The predicted molar refractivity (Wildman–Crippen MR) is 48.2 cm³/mol. The molecule has 1 aromatic rings. The van der Waals surface area contributed by atoms with Crippen LogP contribution in [0.15, 0.2) is 17.6 Å². The fraction of sp³-hybridized carbons (Fsp3) is 0. The van der Waals surface area contributed by atoms with Gasteiger partial charge in [0.15, 0.2) is 0 Å². The number of hydrogen-bond acceptors (Lipinski definition) is 4. The van der Waals surface area contributed by atoms with Gasteiger partial charge < -0.3 is 11.2 Å². The van der Waals surface area contributed by atoms with Crippen LogP contribution in [0.5, 0.6) is 0 Å². The van der Waals surface area contributed by atoms with Crippen LogP contribution in [0.2, 0.25) is 0 Å². The molecule has 0 fully saturated rings. The summed E-state index contributed by atoms with van der Waals surface area (Å²) in [6.45, 7) is 0. The average Bonchev–Trinajstić information content (AvgIpc) is 2.49. The van der Waals surface area contributed by atoms with Crippen molar-refractivity contribution < 1.29 is 4.79 Å². The van der Waals surface area contributed by atoms with E-state index in [0.717, 1.165) is 10.6 Å². The van der Waals surface area contributed by atoms with Gasteiger partial charge in [0.25, 0.3) is 5.91 Å². The Balaban J connectivity index is 2.50. The summed E-state index contributed by atoms with van der Waals surface area (Å²) >= 11 is 1.52. The second kappa shape index (κ2) is 2.53. The van der Waals surface area contributed by atoms with Gasteiger partial charge in [-0.25, -0.2) is 0 Å². The molecule has 1 aliphatic heterocycles. The summed E-state index contributed by atoms with van der Waals surface area (Å²) < 4.78 is 0. The van der Waals surface area contributed by atoms with Gasteiger partial charge in [0, 0.05) is 11.8 Å². The Morgan fingerprint density at radius 2 is 2.42 bits per heavy atom. The average molecular weight is 181 g/mol. The van der Waals surface area contributed by atoms with E-state index in [1.165, 1.54) is 11.3 Å². The first-order chi connectivity index (χ1) is 5.79. The Morgan fingerprint density at radius 3 is 3.17 bits per heavy atom. The molecule has 1 aliphatic rings. The van der Waals surface area contributed by atoms with E-state index in [4.69, 9.17) is 5.73 Å². The van der Waals surface area contributed by atoms with Crippen molar-refractivity contribution in [3.05, 3.63) is 23.2 Å². The fourth-order valence-electron chi connectivity index (χ4n) is 1.07. The molecule has 0 bridgehead atoms. The number of hydrazine groups is 1. The monoisotopic (exact) mass is 181 g/mol. The molecule has 0 aliphatic carbocycles. The van der Waals surface area contributed by atoms with Crippen LogP contribution in [0.1, 0.15) is 5.56 Å². The number of amides is 1. The summed E-state index contributed by atoms with van der Waals surface area (Å²) in [5.74, 6) is -0.413. The molecule has 0 saturated heterocycles. The molecule has 12 heavy (non-hydrogen) atoms. The standard InChI is InChI=1S/C7H7N3OS/c8-6(11)5-3-9-10-7-4(5)1-2-12-7/h1-3,9-10H,(H2,8,11). The van der Waals surface area contributed by atoms with Crippen molar-refractivity contribution in [1.29, 1.82) is 0 Å². The SMILES string of the molecule is NC(=O)C1=CNNc2sccc21. The molecule has 2 rings (SSSR count). The third kappa shape index (κ3) is 0.947. The molecule has 62 valence electrons. The molecule has 0 aromatic carbocycles. The minimum absolute atomic E-state index is 0.413. The van der Waals surface area contributed by atoms with Crippen molar-refractivity contribution in [2.45, 2.75) is 0 Å². The number of nitrogens with two attached hydrogens (primary N) is 1. The van der Waals surface area contributed by atoms with Crippen LogP contribution < -0.4 is 16.6 Å². The van der Waals surface area contributed by atoms with Crippen molar-refractivity contribution in [1.82, 2.24) is 5.43 Å². The lowest BCUT2D eigenvalue weighted by atomic mass is 10.1. The van der Waals surface area contributed by atoms with Gasteiger partial charge in [0.2, 0.25) is 0 Å². The maximum Gasteiger partial charge on any atom is 0.250 e. The normalized spacial score (nSPS) is 13.8. The number of rotatable bonds is 1. The molecule has 4 N–H and O–H groups in total. The van der Waals surface area contributed by atoms with Gasteiger partial charge in [-0.2, -0.15) is 0 Å². The van der Waals surface area contributed by atoms with Gasteiger partial charge >= 0.3 is 0 Å². The molecule has 0 spiro atoms. The number of nitrogens with one attached hydrogen (secondary N) is 2. The molecule has 1 amide bonds. The van der Waals surface area contributed by atoms with Crippen LogP contribution in [0.3, 0.4) is 0 Å². The van der Waals surface area contributed by atoms with Gasteiger partial charge in [-0.1, -0.05) is 0 Å². The third-order valence-electron chi connectivity index (χ3n) is 1.62. The summed E-state index contributed by atoms with van der Waals surface area (Å²) in [4.78, 5) is 10.9. The Hall–Kier alpha value is -1.49. The van der Waals surface area contributed by atoms with E-state index >= 15 is 0 Å². The molecule has 4 nitrogen and oxygen atoms in total. The van der Waals surface area contributed by atoms with E-state index in [0.29, 0.717) is 5.57 Å². The van der Waals surface area contributed by atoms with Gasteiger partial charge in [-0.05, 0) is 11.4 Å². The topological polar surface area (TPSA) is 67.2 Å². The van der Waals surface area contributed by atoms with Crippen molar-refractivity contribution in [3.8, 4) is 0 Å². The van der Waals surface area contributed by atoms with Crippen molar-refractivity contribution in [3.63, 3.8) is 0 Å². The minimum atomic E-state index is -0.413. The molecule has 1 aromatic heterocycles. The van der Waals surface area contributed by atoms with Gasteiger partial charge in [0.05, 0.1) is 5.57 Å². The number of carbonyl (C=O) groups is 1. The van der Waals surface area contributed by atoms with E-state index in [2.05, 4.69) is 10.9 Å². The molecular formula is C7H7N3OS. The Morgan fingerprint density at radius 1 is 1.58 bits per heavy atom. The molecule has 2 heterocycles. The van der Waals surface area contributed by atoms with Crippen molar-refractivity contribution in [2.75, 3.05) is 5.43 Å². The first-order valence-electron chi connectivity index (χ1n) is 3.38. The maximum atomic E-state index is 10.9. The van der Waals surface area contributed by atoms with E-state index in [1.807, 2.05) is 11.4 Å². The maximum absolute atomic E-state index is 10.9. The van der Waals surface area contributed by atoms with Gasteiger partial charge in [-0.3, -0.25) is 10.2 Å². The van der Waals surface area contributed by atoms with Gasteiger partial charge in [-0.15, -0.1) is 11.3 Å². The van der Waals surface area contributed by atoms with Crippen LogP contribution in [0.25, 0.3) is 5.57 Å². The van der Waals surface area contributed by atoms with Crippen LogP contribution >= 0.6 is 11.3 Å². The number of thiophene rings is 1. The van der Waals surface area contributed by atoms with Crippen LogP contribution in [0.4, 0.5) is 5.00 Å².